The van der Waals surface area contributed by atoms with Gasteiger partial charge in [-0.15, -0.1) is 12.4 Å². The van der Waals surface area contributed by atoms with E-state index < -0.39 is 0 Å². The molecular weight excluding hydrogens is 330 g/mol. The number of nitrogens with one attached hydrogen (secondary N) is 2. The summed E-state index contributed by atoms with van der Waals surface area (Å²) in [5, 5.41) is 5.86. The zero-order chi connectivity index (χ0) is 16.7. The van der Waals surface area contributed by atoms with Crippen molar-refractivity contribution in [2.45, 2.75) is 19.8 Å². The lowest BCUT2D eigenvalue weighted by Gasteiger charge is -2.18. The molecule has 0 spiro atoms. The molecule has 2 N–H and O–H groups in total. The number of carbonyl (C=O) groups is 2. The second-order valence-electron chi connectivity index (χ2n) is 5.70. The fourth-order valence-electron chi connectivity index (χ4n) is 2.66. The van der Waals surface area contributed by atoms with E-state index in [1.54, 1.807) is 7.11 Å². The fraction of sp³-hybridized carbons (Fsp3) is 0.529. The maximum Gasteiger partial charge on any atom is 0.254 e. The van der Waals surface area contributed by atoms with Gasteiger partial charge in [0.05, 0.1) is 13.2 Å². The van der Waals surface area contributed by atoms with Crippen molar-refractivity contribution in [2.75, 3.05) is 45.2 Å². The van der Waals surface area contributed by atoms with Crippen LogP contribution < -0.4 is 10.6 Å². The highest BCUT2D eigenvalue weighted by Gasteiger charge is 2.21. The third-order valence-corrected chi connectivity index (χ3v) is 4.00. The number of methoxy groups -OCH3 is 1. The van der Waals surface area contributed by atoms with Gasteiger partial charge in [-0.3, -0.25) is 9.59 Å². The van der Waals surface area contributed by atoms with Gasteiger partial charge in [-0.05, 0) is 37.5 Å². The van der Waals surface area contributed by atoms with E-state index in [9.17, 15) is 9.59 Å². The summed E-state index contributed by atoms with van der Waals surface area (Å²) in [4.78, 5) is 26.4. The minimum atomic E-state index is -0.130. The van der Waals surface area contributed by atoms with Crippen molar-refractivity contribution in [1.82, 2.24) is 10.2 Å². The molecule has 1 aromatic carbocycles. The van der Waals surface area contributed by atoms with Gasteiger partial charge in [-0.25, -0.2) is 0 Å². The molecule has 2 rings (SSSR count). The van der Waals surface area contributed by atoms with Crippen LogP contribution in [0, 0.1) is 6.92 Å². The molecule has 1 saturated heterocycles. The van der Waals surface area contributed by atoms with Crippen molar-refractivity contribution in [1.29, 1.82) is 0 Å². The zero-order valence-corrected chi connectivity index (χ0v) is 15.1. The van der Waals surface area contributed by atoms with Crippen LogP contribution in [0.25, 0.3) is 0 Å². The molecule has 6 nitrogen and oxygen atoms in total. The minimum Gasteiger partial charge on any atom is -0.383 e. The molecule has 1 aliphatic heterocycles. The summed E-state index contributed by atoms with van der Waals surface area (Å²) in [5.74, 6) is -0.0794. The Hall–Kier alpha value is -1.63. The largest absolute Gasteiger partial charge is 0.383 e. The molecular formula is C17H26ClN3O3. The Morgan fingerprint density at radius 2 is 1.96 bits per heavy atom. The second-order valence-corrected chi connectivity index (χ2v) is 5.70. The summed E-state index contributed by atoms with van der Waals surface area (Å²) >= 11 is 0. The van der Waals surface area contributed by atoms with Gasteiger partial charge in [-0.1, -0.05) is 6.07 Å². The van der Waals surface area contributed by atoms with Gasteiger partial charge in [0.15, 0.2) is 0 Å². The van der Waals surface area contributed by atoms with E-state index in [0.29, 0.717) is 24.4 Å². The van der Waals surface area contributed by atoms with Crippen LogP contribution in [0.3, 0.4) is 0 Å². The monoisotopic (exact) mass is 355 g/mol. The van der Waals surface area contributed by atoms with E-state index in [-0.39, 0.29) is 30.8 Å². The second kappa shape index (κ2) is 10.3. The maximum absolute atomic E-state index is 12.5. The summed E-state index contributed by atoms with van der Waals surface area (Å²) in [5.41, 5.74) is 2.17. The van der Waals surface area contributed by atoms with Crippen molar-refractivity contribution in [3.05, 3.63) is 29.3 Å². The maximum atomic E-state index is 12.5. The van der Waals surface area contributed by atoms with Crippen molar-refractivity contribution in [3.63, 3.8) is 0 Å². The van der Waals surface area contributed by atoms with Crippen LogP contribution in [-0.2, 0) is 9.53 Å². The van der Waals surface area contributed by atoms with Crippen LogP contribution in [0.4, 0.5) is 5.69 Å². The third kappa shape index (κ3) is 5.47. The number of hydrogen-bond acceptors (Lipinski definition) is 4. The first-order valence-electron chi connectivity index (χ1n) is 8.02. The Balaban J connectivity index is 0.00000288. The molecule has 24 heavy (non-hydrogen) atoms. The SMILES string of the molecule is COCCNCC(=O)Nc1cccc(C(=O)N2CCCC2)c1C.Cl. The van der Waals surface area contributed by atoms with E-state index >= 15 is 0 Å². The van der Waals surface area contributed by atoms with E-state index in [0.717, 1.165) is 31.5 Å². The molecule has 0 radical (unpaired) electrons. The number of halogens is 1. The molecule has 134 valence electrons. The Labute approximate surface area is 149 Å². The highest BCUT2D eigenvalue weighted by molar-refractivity contribution is 5.99. The van der Waals surface area contributed by atoms with Crippen LogP contribution in [0.15, 0.2) is 18.2 Å². The standard InChI is InChI=1S/C17H25N3O3.ClH/c1-13-14(17(22)20-9-3-4-10-20)6-5-7-15(13)19-16(21)12-18-8-11-23-2;/h5-7,18H,3-4,8-12H2,1-2H3,(H,19,21);1H. The molecule has 0 aromatic heterocycles. The van der Waals surface area contributed by atoms with Crippen LogP contribution in [0.2, 0.25) is 0 Å². The summed E-state index contributed by atoms with van der Waals surface area (Å²) in [6, 6.07) is 5.45. The first kappa shape index (κ1) is 20.4. The van der Waals surface area contributed by atoms with Gasteiger partial charge in [-0.2, -0.15) is 0 Å². The number of hydrogen-bond donors (Lipinski definition) is 2. The molecule has 1 heterocycles. The quantitative estimate of drug-likeness (QED) is 0.732. The van der Waals surface area contributed by atoms with E-state index in [4.69, 9.17) is 4.74 Å². The van der Waals surface area contributed by atoms with E-state index in [1.165, 1.54) is 0 Å². The van der Waals surface area contributed by atoms with E-state index in [2.05, 4.69) is 10.6 Å². The first-order valence-corrected chi connectivity index (χ1v) is 8.02. The number of rotatable bonds is 7. The molecule has 2 amide bonds. The Kier molecular flexibility index (Phi) is 8.74. The Bertz CT molecular complexity index is 560. The molecule has 0 aliphatic carbocycles. The third-order valence-electron chi connectivity index (χ3n) is 4.00. The van der Waals surface area contributed by atoms with Crippen molar-refractivity contribution >= 4 is 29.9 Å². The van der Waals surface area contributed by atoms with Crippen molar-refractivity contribution in [3.8, 4) is 0 Å². The highest BCUT2D eigenvalue weighted by Crippen LogP contribution is 2.22. The summed E-state index contributed by atoms with van der Waals surface area (Å²) < 4.78 is 4.92. The number of amides is 2. The van der Waals surface area contributed by atoms with Gasteiger partial charge in [0.1, 0.15) is 0 Å². The van der Waals surface area contributed by atoms with Crippen molar-refractivity contribution in [2.24, 2.45) is 0 Å². The highest BCUT2D eigenvalue weighted by atomic mass is 35.5. The number of benzene rings is 1. The minimum absolute atomic E-state index is 0. The van der Waals surface area contributed by atoms with Crippen LogP contribution in [0.5, 0.6) is 0 Å². The van der Waals surface area contributed by atoms with Crippen LogP contribution in [-0.4, -0.2) is 56.6 Å². The summed E-state index contributed by atoms with van der Waals surface area (Å²) in [7, 11) is 1.62. The predicted molar refractivity (Wildman–Crippen MR) is 96.9 cm³/mol. The Morgan fingerprint density at radius 3 is 2.62 bits per heavy atom. The molecule has 0 atom stereocenters. The van der Waals surface area contributed by atoms with Crippen LogP contribution in [0.1, 0.15) is 28.8 Å². The number of anilines is 1. The number of ether oxygens (including phenoxy) is 1. The molecule has 1 aromatic rings. The van der Waals surface area contributed by atoms with Gasteiger partial charge < -0.3 is 20.3 Å². The molecule has 1 fully saturated rings. The zero-order valence-electron chi connectivity index (χ0n) is 14.3. The van der Waals surface area contributed by atoms with E-state index in [1.807, 2.05) is 30.0 Å². The lowest BCUT2D eigenvalue weighted by Crippen LogP contribution is -2.31. The summed E-state index contributed by atoms with van der Waals surface area (Å²) in [6.45, 7) is 4.91. The van der Waals surface area contributed by atoms with Gasteiger partial charge >= 0.3 is 0 Å². The van der Waals surface area contributed by atoms with Gasteiger partial charge in [0.25, 0.3) is 5.91 Å². The molecule has 1 aliphatic rings. The molecule has 7 heteroatoms. The fourth-order valence-corrected chi connectivity index (χ4v) is 2.66. The molecule has 0 bridgehead atoms. The lowest BCUT2D eigenvalue weighted by molar-refractivity contribution is -0.115. The number of likely N-dealkylation sites (tertiary alicyclic amines) is 1. The van der Waals surface area contributed by atoms with Gasteiger partial charge in [0, 0.05) is 38.0 Å². The average molecular weight is 356 g/mol. The predicted octanol–water partition coefficient (Wildman–Crippen LogP) is 1.83. The van der Waals surface area contributed by atoms with Crippen LogP contribution >= 0.6 is 12.4 Å². The Morgan fingerprint density at radius 1 is 1.25 bits per heavy atom. The van der Waals surface area contributed by atoms with Crippen molar-refractivity contribution < 1.29 is 14.3 Å². The molecule has 0 saturated carbocycles. The normalized spacial score (nSPS) is 13.5. The molecule has 0 unspecified atom stereocenters. The number of carbonyl (C=O) groups excluding carboxylic acids is 2. The summed E-state index contributed by atoms with van der Waals surface area (Å²) in [6.07, 6.45) is 2.13. The number of nitrogens with zero attached hydrogens (tertiary/aromatic N) is 1. The van der Waals surface area contributed by atoms with Gasteiger partial charge in [0.2, 0.25) is 5.91 Å². The lowest BCUT2D eigenvalue weighted by atomic mass is 10.1. The smallest absolute Gasteiger partial charge is 0.254 e. The topological polar surface area (TPSA) is 70.7 Å². The first-order chi connectivity index (χ1) is 11.1. The average Bonchev–Trinajstić information content (AvgIpc) is 3.07.